The van der Waals surface area contributed by atoms with Crippen molar-refractivity contribution in [3.63, 3.8) is 0 Å². The lowest BCUT2D eigenvalue weighted by Crippen LogP contribution is -2.37. The van der Waals surface area contributed by atoms with Gasteiger partial charge in [-0.3, -0.25) is 4.79 Å². The molecule has 0 aromatic heterocycles. The van der Waals surface area contributed by atoms with Gasteiger partial charge in [-0.1, -0.05) is 20.8 Å². The SMILES string of the molecule is COC(CNC=O)C(C)(C)C. The van der Waals surface area contributed by atoms with Gasteiger partial charge in [0.2, 0.25) is 6.41 Å². The van der Waals surface area contributed by atoms with Crippen LogP contribution >= 0.6 is 0 Å². The zero-order valence-electron chi connectivity index (χ0n) is 7.68. The number of nitrogens with one attached hydrogen (secondary N) is 1. The van der Waals surface area contributed by atoms with Crippen LogP contribution in [0.3, 0.4) is 0 Å². The normalized spacial score (nSPS) is 14.2. The highest BCUT2D eigenvalue weighted by molar-refractivity contribution is 5.45. The Bertz CT molecular complexity index is 118. The molecule has 1 unspecified atom stereocenters. The molecule has 0 saturated carbocycles. The maximum Gasteiger partial charge on any atom is 0.207 e. The first kappa shape index (κ1) is 10.4. The van der Waals surface area contributed by atoms with Crippen LogP contribution in [0.2, 0.25) is 0 Å². The van der Waals surface area contributed by atoms with E-state index in [0.29, 0.717) is 13.0 Å². The van der Waals surface area contributed by atoms with Gasteiger partial charge in [0, 0.05) is 13.7 Å². The highest BCUT2D eigenvalue weighted by atomic mass is 16.5. The zero-order valence-corrected chi connectivity index (χ0v) is 7.68. The summed E-state index contributed by atoms with van der Waals surface area (Å²) < 4.78 is 5.20. The molecule has 0 aliphatic rings. The van der Waals surface area contributed by atoms with Crippen LogP contribution in [0.5, 0.6) is 0 Å². The van der Waals surface area contributed by atoms with Gasteiger partial charge in [-0.2, -0.15) is 0 Å². The molecule has 0 aromatic carbocycles. The van der Waals surface area contributed by atoms with Gasteiger partial charge < -0.3 is 10.1 Å². The van der Waals surface area contributed by atoms with E-state index in [1.54, 1.807) is 7.11 Å². The van der Waals surface area contributed by atoms with E-state index in [1.165, 1.54) is 0 Å². The Kier molecular flexibility index (Phi) is 4.11. The molecular weight excluding hydrogens is 142 g/mol. The highest BCUT2D eigenvalue weighted by Crippen LogP contribution is 2.20. The highest BCUT2D eigenvalue weighted by Gasteiger charge is 2.23. The molecule has 3 nitrogen and oxygen atoms in total. The van der Waals surface area contributed by atoms with Crippen molar-refractivity contribution in [2.75, 3.05) is 13.7 Å². The largest absolute Gasteiger partial charge is 0.379 e. The number of carbonyl (C=O) groups excluding carboxylic acids is 1. The van der Waals surface area contributed by atoms with Crippen LogP contribution in [0.1, 0.15) is 20.8 Å². The van der Waals surface area contributed by atoms with E-state index in [9.17, 15) is 4.79 Å². The summed E-state index contributed by atoms with van der Waals surface area (Å²) in [6.07, 6.45) is 0.769. The van der Waals surface area contributed by atoms with E-state index >= 15 is 0 Å². The lowest BCUT2D eigenvalue weighted by Gasteiger charge is -2.28. The molecule has 0 aliphatic heterocycles. The number of hydrogen-bond acceptors (Lipinski definition) is 2. The maximum absolute atomic E-state index is 9.99. The van der Waals surface area contributed by atoms with Gasteiger partial charge in [-0.05, 0) is 5.41 Å². The van der Waals surface area contributed by atoms with Crippen molar-refractivity contribution in [2.45, 2.75) is 26.9 Å². The third-order valence-electron chi connectivity index (χ3n) is 1.64. The summed E-state index contributed by atoms with van der Waals surface area (Å²) in [7, 11) is 1.66. The molecule has 0 aromatic rings. The predicted octanol–water partition coefficient (Wildman–Crippen LogP) is 0.793. The van der Waals surface area contributed by atoms with Crippen molar-refractivity contribution in [2.24, 2.45) is 5.41 Å². The summed E-state index contributed by atoms with van der Waals surface area (Å²) in [5, 5.41) is 2.60. The number of hydrogen-bond donors (Lipinski definition) is 1. The lowest BCUT2D eigenvalue weighted by atomic mass is 9.89. The fraction of sp³-hybridized carbons (Fsp3) is 0.875. The minimum absolute atomic E-state index is 0.0742. The first-order valence-corrected chi connectivity index (χ1v) is 3.72. The Hall–Kier alpha value is -0.570. The molecular formula is C8H17NO2. The first-order valence-electron chi connectivity index (χ1n) is 3.72. The van der Waals surface area contributed by atoms with Crippen molar-refractivity contribution in [3.05, 3.63) is 0 Å². The van der Waals surface area contributed by atoms with Gasteiger partial charge in [-0.15, -0.1) is 0 Å². The Morgan fingerprint density at radius 1 is 1.55 bits per heavy atom. The second-order valence-corrected chi connectivity index (χ2v) is 3.62. The fourth-order valence-electron chi connectivity index (χ4n) is 0.898. The molecule has 66 valence electrons. The first-order chi connectivity index (χ1) is 5.02. The molecule has 0 fully saturated rings. The summed E-state index contributed by atoms with van der Waals surface area (Å²) in [5.41, 5.74) is 0.0742. The maximum atomic E-state index is 9.99. The molecule has 11 heavy (non-hydrogen) atoms. The van der Waals surface area contributed by atoms with Gasteiger partial charge in [0.15, 0.2) is 0 Å². The van der Waals surface area contributed by atoms with Crippen LogP contribution in [-0.4, -0.2) is 26.2 Å². The Morgan fingerprint density at radius 3 is 2.36 bits per heavy atom. The van der Waals surface area contributed by atoms with E-state index in [2.05, 4.69) is 26.1 Å². The summed E-state index contributed by atoms with van der Waals surface area (Å²) in [6.45, 7) is 6.80. The summed E-state index contributed by atoms with van der Waals surface area (Å²) in [6, 6.07) is 0. The van der Waals surface area contributed by atoms with Crippen LogP contribution < -0.4 is 5.32 Å². The Morgan fingerprint density at radius 2 is 2.09 bits per heavy atom. The number of methoxy groups -OCH3 is 1. The van der Waals surface area contributed by atoms with Crippen molar-refractivity contribution >= 4 is 6.41 Å². The molecule has 3 heteroatoms. The number of carbonyl (C=O) groups is 1. The predicted molar refractivity (Wildman–Crippen MR) is 44.3 cm³/mol. The number of rotatable bonds is 4. The van der Waals surface area contributed by atoms with Crippen molar-refractivity contribution in [1.29, 1.82) is 0 Å². The topological polar surface area (TPSA) is 38.3 Å². The second kappa shape index (κ2) is 4.34. The summed E-state index contributed by atoms with van der Waals surface area (Å²) >= 11 is 0. The summed E-state index contributed by atoms with van der Waals surface area (Å²) in [5.74, 6) is 0. The minimum Gasteiger partial charge on any atom is -0.379 e. The number of ether oxygens (including phenoxy) is 1. The average Bonchev–Trinajstić information content (AvgIpc) is 1.87. The van der Waals surface area contributed by atoms with E-state index in [4.69, 9.17) is 4.74 Å². The van der Waals surface area contributed by atoms with Gasteiger partial charge in [-0.25, -0.2) is 0 Å². The van der Waals surface area contributed by atoms with Crippen molar-refractivity contribution < 1.29 is 9.53 Å². The molecule has 0 radical (unpaired) electrons. The van der Waals surface area contributed by atoms with Gasteiger partial charge in [0.25, 0.3) is 0 Å². The molecule has 1 amide bonds. The summed E-state index contributed by atoms with van der Waals surface area (Å²) in [4.78, 5) is 9.99. The molecule has 0 aliphatic carbocycles. The quantitative estimate of drug-likeness (QED) is 0.616. The molecule has 0 saturated heterocycles. The lowest BCUT2D eigenvalue weighted by molar-refractivity contribution is -0.110. The minimum atomic E-state index is 0.0742. The molecule has 1 atom stereocenters. The van der Waals surface area contributed by atoms with E-state index in [0.717, 1.165) is 0 Å². The molecule has 0 bridgehead atoms. The van der Waals surface area contributed by atoms with Gasteiger partial charge in [0.1, 0.15) is 0 Å². The van der Waals surface area contributed by atoms with Crippen LogP contribution in [0.15, 0.2) is 0 Å². The van der Waals surface area contributed by atoms with Crippen LogP contribution in [0, 0.1) is 5.41 Å². The molecule has 0 rings (SSSR count). The zero-order chi connectivity index (χ0) is 8.91. The average molecular weight is 159 g/mol. The molecule has 1 N–H and O–H groups in total. The fourth-order valence-corrected chi connectivity index (χ4v) is 0.898. The number of amides is 1. The van der Waals surface area contributed by atoms with Crippen molar-refractivity contribution in [3.8, 4) is 0 Å². The third-order valence-corrected chi connectivity index (χ3v) is 1.64. The Labute approximate surface area is 68.1 Å². The van der Waals surface area contributed by atoms with Gasteiger partial charge in [0.05, 0.1) is 6.10 Å². The standard InChI is InChI=1S/C8H17NO2/c1-8(2,3)7(11-4)5-9-6-10/h6-7H,5H2,1-4H3,(H,9,10). The molecule has 0 heterocycles. The second-order valence-electron chi connectivity index (χ2n) is 3.62. The van der Waals surface area contributed by atoms with Crippen LogP contribution in [-0.2, 0) is 9.53 Å². The molecule has 0 spiro atoms. The van der Waals surface area contributed by atoms with E-state index in [1.807, 2.05) is 0 Å². The Balaban J connectivity index is 3.85. The van der Waals surface area contributed by atoms with E-state index < -0.39 is 0 Å². The van der Waals surface area contributed by atoms with Gasteiger partial charge >= 0.3 is 0 Å². The van der Waals surface area contributed by atoms with E-state index in [-0.39, 0.29) is 11.5 Å². The van der Waals surface area contributed by atoms with Crippen molar-refractivity contribution in [1.82, 2.24) is 5.32 Å². The van der Waals surface area contributed by atoms with Crippen LogP contribution in [0.25, 0.3) is 0 Å². The third kappa shape index (κ3) is 3.98. The monoisotopic (exact) mass is 159 g/mol. The van der Waals surface area contributed by atoms with Crippen LogP contribution in [0.4, 0.5) is 0 Å². The smallest absolute Gasteiger partial charge is 0.207 e.